The van der Waals surface area contributed by atoms with Crippen molar-refractivity contribution >= 4 is 29.2 Å². The Bertz CT molecular complexity index is 746. The molecule has 0 saturated carbocycles. The van der Waals surface area contributed by atoms with E-state index in [1.807, 2.05) is 12.1 Å². The van der Waals surface area contributed by atoms with Crippen LogP contribution in [0.3, 0.4) is 0 Å². The highest BCUT2D eigenvalue weighted by molar-refractivity contribution is 6.31. The average molecular weight is 332 g/mol. The SMILES string of the molecule is CC(C)(C)c1ccc(C(=O)Nc2ccc(Cl)cc2C(=O)O)cc1. The lowest BCUT2D eigenvalue weighted by Gasteiger charge is -2.19. The van der Waals surface area contributed by atoms with Crippen LogP contribution >= 0.6 is 11.6 Å². The predicted molar refractivity (Wildman–Crippen MR) is 91.5 cm³/mol. The summed E-state index contributed by atoms with van der Waals surface area (Å²) in [4.78, 5) is 23.5. The molecule has 0 saturated heterocycles. The third-order valence-electron chi connectivity index (χ3n) is 3.47. The van der Waals surface area contributed by atoms with Crippen LogP contribution in [-0.2, 0) is 5.41 Å². The number of halogens is 1. The van der Waals surface area contributed by atoms with Crippen molar-refractivity contribution in [2.75, 3.05) is 5.32 Å². The fraction of sp³-hybridized carbons (Fsp3) is 0.222. The first-order valence-electron chi connectivity index (χ1n) is 7.13. The van der Waals surface area contributed by atoms with Gasteiger partial charge in [0.05, 0.1) is 11.3 Å². The van der Waals surface area contributed by atoms with Gasteiger partial charge in [-0.3, -0.25) is 4.79 Å². The van der Waals surface area contributed by atoms with E-state index in [2.05, 4.69) is 26.1 Å². The summed E-state index contributed by atoms with van der Waals surface area (Å²) in [5.74, 6) is -1.51. The van der Waals surface area contributed by atoms with E-state index < -0.39 is 5.97 Å². The molecular formula is C18H18ClNO3. The summed E-state index contributed by atoms with van der Waals surface area (Å²) < 4.78 is 0. The van der Waals surface area contributed by atoms with Crippen LogP contribution in [0.15, 0.2) is 42.5 Å². The summed E-state index contributed by atoms with van der Waals surface area (Å²) in [6, 6.07) is 11.6. The van der Waals surface area contributed by atoms with Gasteiger partial charge in [0.1, 0.15) is 0 Å². The third kappa shape index (κ3) is 4.11. The van der Waals surface area contributed by atoms with Gasteiger partial charge in [-0.1, -0.05) is 44.5 Å². The number of rotatable bonds is 3. The normalized spacial score (nSPS) is 11.1. The van der Waals surface area contributed by atoms with Gasteiger partial charge >= 0.3 is 5.97 Å². The van der Waals surface area contributed by atoms with Crippen molar-refractivity contribution < 1.29 is 14.7 Å². The Hall–Kier alpha value is -2.33. The fourth-order valence-corrected chi connectivity index (χ4v) is 2.29. The van der Waals surface area contributed by atoms with Crippen molar-refractivity contribution in [1.82, 2.24) is 0 Å². The fourth-order valence-electron chi connectivity index (χ4n) is 2.12. The molecule has 0 radical (unpaired) electrons. The number of hydrogen-bond acceptors (Lipinski definition) is 2. The van der Waals surface area contributed by atoms with Crippen molar-refractivity contribution in [2.24, 2.45) is 0 Å². The van der Waals surface area contributed by atoms with E-state index >= 15 is 0 Å². The van der Waals surface area contributed by atoms with E-state index in [9.17, 15) is 14.7 Å². The summed E-state index contributed by atoms with van der Waals surface area (Å²) in [7, 11) is 0. The van der Waals surface area contributed by atoms with Gasteiger partial charge < -0.3 is 10.4 Å². The number of benzene rings is 2. The molecule has 2 aromatic carbocycles. The van der Waals surface area contributed by atoms with E-state index in [1.165, 1.54) is 18.2 Å². The molecule has 0 spiro atoms. The van der Waals surface area contributed by atoms with E-state index in [-0.39, 0.29) is 22.6 Å². The van der Waals surface area contributed by atoms with E-state index in [1.54, 1.807) is 12.1 Å². The second kappa shape index (κ2) is 6.42. The first-order valence-corrected chi connectivity index (χ1v) is 7.51. The Morgan fingerprint density at radius 2 is 1.65 bits per heavy atom. The molecule has 0 aliphatic carbocycles. The van der Waals surface area contributed by atoms with Crippen molar-refractivity contribution in [3.63, 3.8) is 0 Å². The number of hydrogen-bond donors (Lipinski definition) is 2. The number of carbonyl (C=O) groups is 2. The number of nitrogens with one attached hydrogen (secondary N) is 1. The lowest BCUT2D eigenvalue weighted by molar-refractivity contribution is 0.0698. The first-order chi connectivity index (χ1) is 10.7. The highest BCUT2D eigenvalue weighted by atomic mass is 35.5. The Balaban J connectivity index is 2.24. The first kappa shape index (κ1) is 17.0. The second-order valence-corrected chi connectivity index (χ2v) is 6.71. The van der Waals surface area contributed by atoms with Gasteiger partial charge in [-0.05, 0) is 41.3 Å². The maximum Gasteiger partial charge on any atom is 0.337 e. The molecular weight excluding hydrogens is 314 g/mol. The monoisotopic (exact) mass is 331 g/mol. The Morgan fingerprint density at radius 1 is 1.04 bits per heavy atom. The number of carboxylic acid groups (broad SMARTS) is 1. The van der Waals surface area contributed by atoms with Gasteiger partial charge in [0, 0.05) is 10.6 Å². The summed E-state index contributed by atoms with van der Waals surface area (Å²) >= 11 is 5.80. The van der Waals surface area contributed by atoms with Gasteiger partial charge in [-0.25, -0.2) is 4.79 Å². The molecule has 5 heteroatoms. The summed E-state index contributed by atoms with van der Waals surface area (Å²) in [5, 5.41) is 12.1. The molecule has 0 heterocycles. The largest absolute Gasteiger partial charge is 0.478 e. The van der Waals surface area contributed by atoms with Crippen LogP contribution in [-0.4, -0.2) is 17.0 Å². The van der Waals surface area contributed by atoms with Crippen molar-refractivity contribution in [3.05, 3.63) is 64.2 Å². The number of anilines is 1. The zero-order chi connectivity index (χ0) is 17.2. The second-order valence-electron chi connectivity index (χ2n) is 6.28. The standard InChI is InChI=1S/C18H18ClNO3/c1-18(2,3)12-6-4-11(5-7-12)16(21)20-15-9-8-13(19)10-14(15)17(22)23/h4-10H,1-3H3,(H,20,21)(H,22,23). The molecule has 0 atom stereocenters. The molecule has 0 bridgehead atoms. The molecule has 0 aliphatic heterocycles. The topological polar surface area (TPSA) is 66.4 Å². The Labute approximate surface area is 140 Å². The van der Waals surface area contributed by atoms with Crippen LogP contribution in [0.1, 0.15) is 47.1 Å². The quantitative estimate of drug-likeness (QED) is 0.864. The van der Waals surface area contributed by atoms with Crippen molar-refractivity contribution in [1.29, 1.82) is 0 Å². The van der Waals surface area contributed by atoms with Gasteiger partial charge in [0.2, 0.25) is 0 Å². The number of aromatic carboxylic acids is 1. The molecule has 1 amide bonds. The molecule has 2 N–H and O–H groups in total. The number of amides is 1. The summed E-state index contributed by atoms with van der Waals surface area (Å²) in [6.45, 7) is 6.28. The van der Waals surface area contributed by atoms with Gasteiger partial charge in [-0.15, -0.1) is 0 Å². The molecule has 2 rings (SSSR count). The van der Waals surface area contributed by atoms with Crippen molar-refractivity contribution in [3.8, 4) is 0 Å². The average Bonchev–Trinajstić information content (AvgIpc) is 2.48. The molecule has 4 nitrogen and oxygen atoms in total. The lowest BCUT2D eigenvalue weighted by atomic mass is 9.87. The molecule has 23 heavy (non-hydrogen) atoms. The minimum atomic E-state index is -1.15. The van der Waals surface area contributed by atoms with E-state index in [0.717, 1.165) is 5.56 Å². The molecule has 0 unspecified atom stereocenters. The van der Waals surface area contributed by atoms with Crippen LogP contribution in [0.25, 0.3) is 0 Å². The van der Waals surface area contributed by atoms with Crippen LogP contribution in [0.5, 0.6) is 0 Å². The third-order valence-corrected chi connectivity index (χ3v) is 3.71. The molecule has 2 aromatic rings. The summed E-state index contributed by atoms with van der Waals surface area (Å²) in [6.07, 6.45) is 0. The molecule has 120 valence electrons. The lowest BCUT2D eigenvalue weighted by Crippen LogP contribution is -2.16. The smallest absolute Gasteiger partial charge is 0.337 e. The minimum Gasteiger partial charge on any atom is -0.478 e. The Morgan fingerprint density at radius 3 is 2.17 bits per heavy atom. The predicted octanol–water partition coefficient (Wildman–Crippen LogP) is 4.59. The maximum absolute atomic E-state index is 12.3. The molecule has 0 fully saturated rings. The number of carbonyl (C=O) groups excluding carboxylic acids is 1. The van der Waals surface area contributed by atoms with E-state index in [0.29, 0.717) is 10.6 Å². The highest BCUT2D eigenvalue weighted by Gasteiger charge is 2.16. The van der Waals surface area contributed by atoms with Crippen LogP contribution in [0, 0.1) is 0 Å². The van der Waals surface area contributed by atoms with Gasteiger partial charge in [0.15, 0.2) is 0 Å². The van der Waals surface area contributed by atoms with Crippen LogP contribution in [0.4, 0.5) is 5.69 Å². The minimum absolute atomic E-state index is 0.00165. The maximum atomic E-state index is 12.3. The van der Waals surface area contributed by atoms with E-state index in [4.69, 9.17) is 11.6 Å². The van der Waals surface area contributed by atoms with Crippen molar-refractivity contribution in [2.45, 2.75) is 26.2 Å². The van der Waals surface area contributed by atoms with Crippen LogP contribution in [0.2, 0.25) is 5.02 Å². The van der Waals surface area contributed by atoms with Gasteiger partial charge in [0.25, 0.3) is 5.91 Å². The highest BCUT2D eigenvalue weighted by Crippen LogP contribution is 2.24. The zero-order valence-electron chi connectivity index (χ0n) is 13.2. The van der Waals surface area contributed by atoms with Gasteiger partial charge in [-0.2, -0.15) is 0 Å². The molecule has 0 aliphatic rings. The summed E-state index contributed by atoms with van der Waals surface area (Å²) in [5.41, 5.74) is 1.75. The zero-order valence-corrected chi connectivity index (χ0v) is 13.9. The van der Waals surface area contributed by atoms with Crippen LogP contribution < -0.4 is 5.32 Å². The molecule has 0 aromatic heterocycles. The number of carboxylic acids is 1. The Kier molecular flexibility index (Phi) is 4.76.